The highest BCUT2D eigenvalue weighted by molar-refractivity contribution is 9.10. The molecule has 1 heterocycles. The maximum atomic E-state index is 12.6. The van der Waals surface area contributed by atoms with E-state index in [4.69, 9.17) is 28.3 Å². The molecule has 1 aromatic heterocycles. The molecular weight excluding hydrogens is 463 g/mol. The van der Waals surface area contributed by atoms with Crippen LogP contribution in [-0.4, -0.2) is 15.8 Å². The molecule has 0 fully saturated rings. The molecule has 0 aliphatic carbocycles. The number of nitrogens with one attached hydrogen (secondary N) is 2. The Morgan fingerprint density at radius 1 is 1.07 bits per heavy atom. The van der Waals surface area contributed by atoms with E-state index in [1.54, 1.807) is 22.9 Å². The van der Waals surface area contributed by atoms with Gasteiger partial charge in [-0.3, -0.25) is 5.32 Å². The number of halogens is 3. The molecule has 5 nitrogen and oxygen atoms in total. The molecule has 0 radical (unpaired) electrons. The van der Waals surface area contributed by atoms with Gasteiger partial charge in [0, 0.05) is 16.0 Å². The molecule has 146 valence electrons. The van der Waals surface area contributed by atoms with E-state index >= 15 is 0 Å². The number of anilines is 2. The molecule has 0 bridgehead atoms. The van der Waals surface area contributed by atoms with Crippen LogP contribution in [0.2, 0.25) is 10.0 Å². The number of benzene rings is 2. The quantitative estimate of drug-likeness (QED) is 0.428. The zero-order chi connectivity index (χ0) is 20.5. The fourth-order valence-electron chi connectivity index (χ4n) is 2.51. The molecule has 2 amide bonds. The van der Waals surface area contributed by atoms with Crippen LogP contribution in [0.5, 0.6) is 0 Å². The average molecular weight is 482 g/mol. The summed E-state index contributed by atoms with van der Waals surface area (Å²) in [6.45, 7) is 6.20. The van der Waals surface area contributed by atoms with Gasteiger partial charge in [0.05, 0.1) is 27.1 Å². The van der Waals surface area contributed by atoms with Gasteiger partial charge in [0.2, 0.25) is 0 Å². The summed E-state index contributed by atoms with van der Waals surface area (Å²) in [5.74, 6) is 0.540. The van der Waals surface area contributed by atoms with E-state index in [0.717, 1.165) is 15.9 Å². The molecule has 3 aromatic rings. The summed E-state index contributed by atoms with van der Waals surface area (Å²) < 4.78 is 2.61. The summed E-state index contributed by atoms with van der Waals surface area (Å²) in [6, 6.07) is 14.2. The molecule has 0 atom stereocenters. The first-order chi connectivity index (χ1) is 13.1. The third kappa shape index (κ3) is 4.69. The first-order valence-corrected chi connectivity index (χ1v) is 10.1. The molecule has 2 aromatic carbocycles. The van der Waals surface area contributed by atoms with Crippen molar-refractivity contribution in [1.29, 1.82) is 0 Å². The van der Waals surface area contributed by atoms with Gasteiger partial charge < -0.3 is 5.32 Å². The molecular formula is C20H19BrCl2N4O. The van der Waals surface area contributed by atoms with Crippen molar-refractivity contribution in [2.75, 3.05) is 10.6 Å². The first-order valence-electron chi connectivity index (χ1n) is 8.53. The Labute approximate surface area is 182 Å². The summed E-state index contributed by atoms with van der Waals surface area (Å²) in [5.41, 5.74) is 1.92. The van der Waals surface area contributed by atoms with Crippen LogP contribution in [0, 0.1) is 0 Å². The Morgan fingerprint density at radius 2 is 1.79 bits per heavy atom. The van der Waals surface area contributed by atoms with Crippen molar-refractivity contribution < 1.29 is 4.79 Å². The van der Waals surface area contributed by atoms with Crippen molar-refractivity contribution in [1.82, 2.24) is 9.78 Å². The summed E-state index contributed by atoms with van der Waals surface area (Å²) in [5, 5.41) is 10.9. The van der Waals surface area contributed by atoms with E-state index in [9.17, 15) is 4.79 Å². The molecule has 28 heavy (non-hydrogen) atoms. The maximum Gasteiger partial charge on any atom is 0.324 e. The third-order valence-electron chi connectivity index (χ3n) is 3.97. The summed E-state index contributed by atoms with van der Waals surface area (Å²) in [4.78, 5) is 12.6. The molecule has 0 aliphatic heterocycles. The predicted octanol–water partition coefficient (Wildman–Crippen LogP) is 6.88. The second kappa shape index (κ2) is 8.15. The topological polar surface area (TPSA) is 59.0 Å². The van der Waals surface area contributed by atoms with E-state index in [-0.39, 0.29) is 10.4 Å². The lowest BCUT2D eigenvalue weighted by Crippen LogP contribution is -2.21. The molecule has 0 unspecified atom stereocenters. The van der Waals surface area contributed by atoms with Crippen molar-refractivity contribution in [3.05, 3.63) is 68.7 Å². The van der Waals surface area contributed by atoms with Gasteiger partial charge in [-0.25, -0.2) is 9.48 Å². The number of amides is 2. The Bertz CT molecular complexity index is 1030. The van der Waals surface area contributed by atoms with Crippen LogP contribution in [0.3, 0.4) is 0 Å². The lowest BCUT2D eigenvalue weighted by atomic mass is 9.92. The van der Waals surface area contributed by atoms with Crippen LogP contribution < -0.4 is 10.6 Å². The zero-order valence-corrected chi connectivity index (χ0v) is 18.7. The van der Waals surface area contributed by atoms with Crippen LogP contribution in [-0.2, 0) is 5.41 Å². The Balaban J connectivity index is 1.93. The SMILES string of the molecule is CC(C)(C)c1cc(NC(=O)Nc2cccc(Cl)c2Cl)n(-c2cccc(Br)c2)n1. The lowest BCUT2D eigenvalue weighted by Gasteiger charge is -2.14. The molecule has 0 spiro atoms. The number of aromatic nitrogens is 2. The van der Waals surface area contributed by atoms with Gasteiger partial charge in [-0.05, 0) is 30.3 Å². The number of hydrogen-bond donors (Lipinski definition) is 2. The van der Waals surface area contributed by atoms with E-state index in [1.165, 1.54) is 0 Å². The number of carbonyl (C=O) groups is 1. The Kier molecular flexibility index (Phi) is 6.03. The van der Waals surface area contributed by atoms with Gasteiger partial charge in [0.15, 0.2) is 0 Å². The summed E-state index contributed by atoms with van der Waals surface area (Å²) in [6.07, 6.45) is 0. The molecule has 0 saturated heterocycles. The van der Waals surface area contributed by atoms with Crippen LogP contribution in [0.1, 0.15) is 26.5 Å². The second-order valence-electron chi connectivity index (χ2n) is 7.24. The maximum absolute atomic E-state index is 12.6. The minimum absolute atomic E-state index is 0.180. The molecule has 0 saturated carbocycles. The summed E-state index contributed by atoms with van der Waals surface area (Å²) in [7, 11) is 0. The highest BCUT2D eigenvalue weighted by atomic mass is 79.9. The monoisotopic (exact) mass is 480 g/mol. The Morgan fingerprint density at radius 3 is 2.46 bits per heavy atom. The van der Waals surface area contributed by atoms with E-state index in [2.05, 4.69) is 47.3 Å². The lowest BCUT2D eigenvalue weighted by molar-refractivity contribution is 0.262. The second-order valence-corrected chi connectivity index (χ2v) is 8.94. The van der Waals surface area contributed by atoms with Gasteiger partial charge in [0.1, 0.15) is 5.82 Å². The smallest absolute Gasteiger partial charge is 0.306 e. The van der Waals surface area contributed by atoms with Crippen molar-refractivity contribution in [3.8, 4) is 5.69 Å². The van der Waals surface area contributed by atoms with Crippen LogP contribution >= 0.6 is 39.1 Å². The minimum atomic E-state index is -0.444. The number of rotatable bonds is 3. The Hall–Kier alpha value is -2.02. The highest BCUT2D eigenvalue weighted by Crippen LogP contribution is 2.30. The van der Waals surface area contributed by atoms with Crippen LogP contribution in [0.4, 0.5) is 16.3 Å². The average Bonchev–Trinajstić information content (AvgIpc) is 3.03. The summed E-state index contributed by atoms with van der Waals surface area (Å²) >= 11 is 15.6. The first kappa shape index (κ1) is 20.7. The third-order valence-corrected chi connectivity index (χ3v) is 5.28. The van der Waals surface area contributed by atoms with Gasteiger partial charge in [-0.2, -0.15) is 5.10 Å². The highest BCUT2D eigenvalue weighted by Gasteiger charge is 2.22. The zero-order valence-electron chi connectivity index (χ0n) is 15.6. The van der Waals surface area contributed by atoms with Crippen molar-refractivity contribution >= 4 is 56.7 Å². The fourth-order valence-corrected chi connectivity index (χ4v) is 3.25. The standard InChI is InChI=1S/C20H19BrCl2N4O/c1-20(2,3)16-11-17(27(26-16)13-7-4-6-12(21)10-13)25-19(28)24-15-9-5-8-14(22)18(15)23/h4-11H,1-3H3,(H2,24,25,28). The number of carbonyl (C=O) groups excluding carboxylic acids is 1. The number of urea groups is 1. The largest absolute Gasteiger partial charge is 0.324 e. The van der Waals surface area contributed by atoms with Crippen molar-refractivity contribution in [2.45, 2.75) is 26.2 Å². The molecule has 3 rings (SSSR count). The number of nitrogens with zero attached hydrogens (tertiary/aromatic N) is 2. The van der Waals surface area contributed by atoms with E-state index < -0.39 is 6.03 Å². The van der Waals surface area contributed by atoms with E-state index in [0.29, 0.717) is 16.5 Å². The van der Waals surface area contributed by atoms with Gasteiger partial charge >= 0.3 is 6.03 Å². The molecule has 0 aliphatic rings. The van der Waals surface area contributed by atoms with Crippen molar-refractivity contribution in [3.63, 3.8) is 0 Å². The van der Waals surface area contributed by atoms with Crippen molar-refractivity contribution in [2.24, 2.45) is 0 Å². The van der Waals surface area contributed by atoms with Crippen LogP contribution in [0.25, 0.3) is 5.69 Å². The molecule has 8 heteroatoms. The van der Waals surface area contributed by atoms with Gasteiger partial charge in [-0.15, -0.1) is 0 Å². The normalized spacial score (nSPS) is 11.4. The van der Waals surface area contributed by atoms with E-state index in [1.807, 2.05) is 30.3 Å². The predicted molar refractivity (Wildman–Crippen MR) is 119 cm³/mol. The van der Waals surface area contributed by atoms with Gasteiger partial charge in [-0.1, -0.05) is 72.0 Å². The fraction of sp³-hybridized carbons (Fsp3) is 0.200. The van der Waals surface area contributed by atoms with Gasteiger partial charge in [0.25, 0.3) is 0 Å². The molecule has 2 N–H and O–H groups in total. The number of hydrogen-bond acceptors (Lipinski definition) is 2. The van der Waals surface area contributed by atoms with Crippen LogP contribution in [0.15, 0.2) is 53.0 Å². The minimum Gasteiger partial charge on any atom is -0.306 e.